The summed E-state index contributed by atoms with van der Waals surface area (Å²) in [7, 11) is -3.65. The van der Waals surface area contributed by atoms with Gasteiger partial charge in [0.25, 0.3) is 0 Å². The number of phenolic OH excluding ortho intramolecular Hbond substituents is 1. The lowest BCUT2D eigenvalue weighted by molar-refractivity contribution is -0.111. The van der Waals surface area contributed by atoms with Gasteiger partial charge in [-0.05, 0) is 37.1 Å². The number of phenols is 1. The Morgan fingerprint density at radius 3 is 2.50 bits per heavy atom. The molecule has 1 saturated heterocycles. The van der Waals surface area contributed by atoms with Gasteiger partial charge in [-0.1, -0.05) is 6.42 Å². The standard InChI is InChI=1S/C12H15NO4S/c14-9-10-3-1-2-8-13(10)18(16,17)12-6-4-11(15)5-7-12/h4-7,9-10,15H,1-3,8H2. The smallest absolute Gasteiger partial charge is 0.243 e. The number of aldehydes is 1. The second kappa shape index (κ2) is 5.07. The number of benzene rings is 1. The minimum atomic E-state index is -3.65. The van der Waals surface area contributed by atoms with E-state index >= 15 is 0 Å². The van der Waals surface area contributed by atoms with Crippen molar-refractivity contribution in [2.45, 2.75) is 30.2 Å². The van der Waals surface area contributed by atoms with Crippen molar-refractivity contribution in [1.29, 1.82) is 0 Å². The molecule has 0 aromatic heterocycles. The van der Waals surface area contributed by atoms with Crippen molar-refractivity contribution in [2.24, 2.45) is 0 Å². The van der Waals surface area contributed by atoms with Gasteiger partial charge in [0.2, 0.25) is 10.0 Å². The molecule has 1 fully saturated rings. The number of sulfonamides is 1. The average molecular weight is 269 g/mol. The number of piperidine rings is 1. The highest BCUT2D eigenvalue weighted by atomic mass is 32.2. The van der Waals surface area contributed by atoms with Crippen LogP contribution in [0.25, 0.3) is 0 Å². The molecule has 0 saturated carbocycles. The van der Waals surface area contributed by atoms with Crippen LogP contribution in [-0.2, 0) is 14.8 Å². The molecule has 1 heterocycles. The zero-order valence-corrected chi connectivity index (χ0v) is 10.6. The predicted octanol–water partition coefficient (Wildman–Crippen LogP) is 1.13. The minimum Gasteiger partial charge on any atom is -0.508 e. The maximum atomic E-state index is 12.4. The summed E-state index contributed by atoms with van der Waals surface area (Å²) in [4.78, 5) is 11.1. The Kier molecular flexibility index (Phi) is 3.68. The third kappa shape index (κ3) is 2.39. The van der Waals surface area contributed by atoms with Gasteiger partial charge in [-0.2, -0.15) is 4.31 Å². The first-order valence-electron chi connectivity index (χ1n) is 5.82. The second-order valence-corrected chi connectivity index (χ2v) is 6.20. The summed E-state index contributed by atoms with van der Waals surface area (Å²) in [6, 6.07) is 4.78. The number of carbonyl (C=O) groups excluding carboxylic acids is 1. The van der Waals surface area contributed by atoms with Gasteiger partial charge in [0.1, 0.15) is 12.0 Å². The summed E-state index contributed by atoms with van der Waals surface area (Å²) in [5.41, 5.74) is 0. The van der Waals surface area contributed by atoms with E-state index in [4.69, 9.17) is 5.11 Å². The van der Waals surface area contributed by atoms with Crippen LogP contribution in [0.3, 0.4) is 0 Å². The molecule has 1 aliphatic heterocycles. The number of carbonyl (C=O) groups is 1. The quantitative estimate of drug-likeness (QED) is 0.835. The van der Waals surface area contributed by atoms with E-state index in [2.05, 4.69) is 0 Å². The van der Waals surface area contributed by atoms with Gasteiger partial charge in [0.15, 0.2) is 0 Å². The minimum absolute atomic E-state index is 0.0135. The topological polar surface area (TPSA) is 74.7 Å². The Labute approximate surface area is 106 Å². The molecule has 1 aromatic carbocycles. The van der Waals surface area contributed by atoms with Crippen molar-refractivity contribution in [3.63, 3.8) is 0 Å². The van der Waals surface area contributed by atoms with E-state index in [1.54, 1.807) is 0 Å². The van der Waals surface area contributed by atoms with Crippen molar-refractivity contribution < 1.29 is 18.3 Å². The van der Waals surface area contributed by atoms with Gasteiger partial charge in [0, 0.05) is 6.54 Å². The third-order valence-corrected chi connectivity index (χ3v) is 5.04. The van der Waals surface area contributed by atoms with Crippen molar-refractivity contribution in [1.82, 2.24) is 4.31 Å². The van der Waals surface area contributed by atoms with Gasteiger partial charge < -0.3 is 9.90 Å². The molecule has 98 valence electrons. The summed E-state index contributed by atoms with van der Waals surface area (Å²) in [6.07, 6.45) is 2.89. The summed E-state index contributed by atoms with van der Waals surface area (Å²) >= 11 is 0. The van der Waals surface area contributed by atoms with Gasteiger partial charge in [-0.3, -0.25) is 0 Å². The van der Waals surface area contributed by atoms with Crippen molar-refractivity contribution in [3.8, 4) is 5.75 Å². The molecule has 0 spiro atoms. The highest BCUT2D eigenvalue weighted by Gasteiger charge is 2.33. The summed E-state index contributed by atoms with van der Waals surface area (Å²) in [5.74, 6) is 0.0135. The first-order valence-corrected chi connectivity index (χ1v) is 7.26. The Morgan fingerprint density at radius 2 is 1.89 bits per heavy atom. The number of rotatable bonds is 3. The molecule has 2 rings (SSSR count). The third-order valence-electron chi connectivity index (χ3n) is 3.10. The van der Waals surface area contributed by atoms with Crippen LogP contribution in [-0.4, -0.2) is 36.7 Å². The Balaban J connectivity index is 2.34. The molecule has 5 nitrogen and oxygen atoms in total. The van der Waals surface area contributed by atoms with Crippen LogP contribution in [0.4, 0.5) is 0 Å². The first-order chi connectivity index (χ1) is 8.55. The SMILES string of the molecule is O=CC1CCCCN1S(=O)(=O)c1ccc(O)cc1. The summed E-state index contributed by atoms with van der Waals surface area (Å²) in [6.45, 7) is 0.368. The molecule has 0 radical (unpaired) electrons. The maximum absolute atomic E-state index is 12.4. The van der Waals surface area contributed by atoms with Gasteiger partial charge in [-0.25, -0.2) is 8.42 Å². The maximum Gasteiger partial charge on any atom is 0.243 e. The Morgan fingerprint density at radius 1 is 1.22 bits per heavy atom. The van der Waals surface area contributed by atoms with Crippen LogP contribution in [0, 0.1) is 0 Å². The molecule has 0 amide bonds. The number of hydrogen-bond donors (Lipinski definition) is 1. The zero-order chi connectivity index (χ0) is 13.2. The molecular formula is C12H15NO4S. The van der Waals surface area contributed by atoms with Gasteiger partial charge in [0.05, 0.1) is 10.9 Å². The molecule has 1 N–H and O–H groups in total. The van der Waals surface area contributed by atoms with E-state index in [9.17, 15) is 13.2 Å². The van der Waals surface area contributed by atoms with E-state index in [-0.39, 0.29) is 10.6 Å². The molecule has 1 aromatic rings. The molecular weight excluding hydrogens is 254 g/mol. The predicted molar refractivity (Wildman–Crippen MR) is 65.7 cm³/mol. The lowest BCUT2D eigenvalue weighted by Crippen LogP contribution is -2.44. The average Bonchev–Trinajstić information content (AvgIpc) is 2.39. The fourth-order valence-corrected chi connectivity index (χ4v) is 3.75. The van der Waals surface area contributed by atoms with E-state index in [0.29, 0.717) is 19.3 Å². The van der Waals surface area contributed by atoms with Crippen LogP contribution >= 0.6 is 0 Å². The highest BCUT2D eigenvalue weighted by Crippen LogP contribution is 2.25. The van der Waals surface area contributed by atoms with Crippen LogP contribution in [0.2, 0.25) is 0 Å². The molecule has 1 atom stereocenters. The van der Waals surface area contributed by atoms with Crippen LogP contribution in [0.5, 0.6) is 5.75 Å². The molecule has 0 bridgehead atoms. The lowest BCUT2D eigenvalue weighted by atomic mass is 10.1. The largest absolute Gasteiger partial charge is 0.508 e. The molecule has 0 aliphatic carbocycles. The van der Waals surface area contributed by atoms with Gasteiger partial charge >= 0.3 is 0 Å². The monoisotopic (exact) mass is 269 g/mol. The van der Waals surface area contributed by atoms with Crippen LogP contribution in [0.15, 0.2) is 29.2 Å². The normalized spacial score (nSPS) is 21.7. The van der Waals surface area contributed by atoms with Gasteiger partial charge in [-0.15, -0.1) is 0 Å². The number of hydrogen-bond acceptors (Lipinski definition) is 4. The van der Waals surface area contributed by atoms with Crippen molar-refractivity contribution >= 4 is 16.3 Å². The second-order valence-electron chi connectivity index (χ2n) is 4.31. The summed E-state index contributed by atoms with van der Waals surface area (Å²) in [5, 5.41) is 9.17. The summed E-state index contributed by atoms with van der Waals surface area (Å²) < 4.78 is 26.0. The lowest BCUT2D eigenvalue weighted by Gasteiger charge is -2.31. The fraction of sp³-hybridized carbons (Fsp3) is 0.417. The van der Waals surface area contributed by atoms with E-state index in [0.717, 1.165) is 12.8 Å². The highest BCUT2D eigenvalue weighted by molar-refractivity contribution is 7.89. The molecule has 6 heteroatoms. The first kappa shape index (κ1) is 13.0. The number of aromatic hydroxyl groups is 1. The number of nitrogens with zero attached hydrogens (tertiary/aromatic N) is 1. The fourth-order valence-electron chi connectivity index (χ4n) is 2.12. The molecule has 18 heavy (non-hydrogen) atoms. The van der Waals surface area contributed by atoms with E-state index in [1.165, 1.54) is 28.6 Å². The van der Waals surface area contributed by atoms with E-state index in [1.807, 2.05) is 0 Å². The van der Waals surface area contributed by atoms with E-state index < -0.39 is 16.1 Å². The zero-order valence-electron chi connectivity index (χ0n) is 9.82. The van der Waals surface area contributed by atoms with Crippen LogP contribution < -0.4 is 0 Å². The Hall–Kier alpha value is -1.40. The molecule has 1 unspecified atom stereocenters. The molecule has 1 aliphatic rings. The Bertz CT molecular complexity index is 524. The van der Waals surface area contributed by atoms with Crippen molar-refractivity contribution in [3.05, 3.63) is 24.3 Å². The van der Waals surface area contributed by atoms with Crippen molar-refractivity contribution in [2.75, 3.05) is 6.54 Å². The van der Waals surface area contributed by atoms with Crippen LogP contribution in [0.1, 0.15) is 19.3 Å².